The molecule has 1 aromatic carbocycles. The second-order valence-electron chi connectivity index (χ2n) is 5.48. The molecule has 2 heterocycles. The molecule has 0 spiro atoms. The van der Waals surface area contributed by atoms with Crippen LogP contribution in [0.4, 0.5) is 0 Å². The van der Waals surface area contributed by atoms with Crippen molar-refractivity contribution in [2.75, 3.05) is 7.11 Å². The number of methoxy groups -OCH3 is 1. The van der Waals surface area contributed by atoms with E-state index in [9.17, 15) is 9.59 Å². The highest BCUT2D eigenvalue weighted by atomic mass is 32.1. The summed E-state index contributed by atoms with van der Waals surface area (Å²) in [6.07, 6.45) is 2.95. The van der Waals surface area contributed by atoms with Crippen molar-refractivity contribution in [1.29, 1.82) is 0 Å². The first-order chi connectivity index (χ1) is 12.7. The largest absolute Gasteiger partial charge is 0.497 e. The SMILES string of the molecule is COc1ccc(C(=O)Cc2ncc(C(=O)NCc3cccs3)cn2)cc1. The summed E-state index contributed by atoms with van der Waals surface area (Å²) >= 11 is 1.58. The first-order valence-corrected chi connectivity index (χ1v) is 8.82. The summed E-state index contributed by atoms with van der Waals surface area (Å²) in [4.78, 5) is 33.7. The number of benzene rings is 1. The Morgan fingerprint density at radius 2 is 1.81 bits per heavy atom. The highest BCUT2D eigenvalue weighted by molar-refractivity contribution is 7.09. The number of carbonyl (C=O) groups excluding carboxylic acids is 2. The molecule has 3 aromatic rings. The molecule has 0 unspecified atom stereocenters. The predicted molar refractivity (Wildman–Crippen MR) is 98.5 cm³/mol. The van der Waals surface area contributed by atoms with Crippen LogP contribution in [0.3, 0.4) is 0 Å². The smallest absolute Gasteiger partial charge is 0.254 e. The quantitative estimate of drug-likeness (QED) is 0.650. The van der Waals surface area contributed by atoms with Gasteiger partial charge in [-0.3, -0.25) is 9.59 Å². The second-order valence-corrected chi connectivity index (χ2v) is 6.51. The van der Waals surface area contributed by atoms with Crippen molar-refractivity contribution in [3.8, 4) is 5.75 Å². The van der Waals surface area contributed by atoms with Gasteiger partial charge in [0.1, 0.15) is 11.6 Å². The summed E-state index contributed by atoms with van der Waals surface area (Å²) in [5.41, 5.74) is 0.925. The number of hydrogen-bond donors (Lipinski definition) is 1. The lowest BCUT2D eigenvalue weighted by atomic mass is 10.1. The van der Waals surface area contributed by atoms with Gasteiger partial charge in [0.05, 0.1) is 25.6 Å². The van der Waals surface area contributed by atoms with Crippen LogP contribution in [0.15, 0.2) is 54.2 Å². The lowest BCUT2D eigenvalue weighted by Gasteiger charge is -2.05. The van der Waals surface area contributed by atoms with E-state index in [1.54, 1.807) is 42.7 Å². The average molecular weight is 367 g/mol. The van der Waals surface area contributed by atoms with Gasteiger partial charge in [-0.2, -0.15) is 0 Å². The fourth-order valence-electron chi connectivity index (χ4n) is 2.27. The Balaban J connectivity index is 1.57. The zero-order chi connectivity index (χ0) is 18.4. The molecule has 0 aliphatic heterocycles. The Morgan fingerprint density at radius 1 is 1.08 bits per heavy atom. The summed E-state index contributed by atoms with van der Waals surface area (Å²) < 4.78 is 5.07. The summed E-state index contributed by atoms with van der Waals surface area (Å²) in [6.45, 7) is 0.466. The monoisotopic (exact) mass is 367 g/mol. The van der Waals surface area contributed by atoms with Crippen LogP contribution in [-0.4, -0.2) is 28.8 Å². The summed E-state index contributed by atoms with van der Waals surface area (Å²) in [6, 6.07) is 10.8. The molecular weight excluding hydrogens is 350 g/mol. The van der Waals surface area contributed by atoms with E-state index in [-0.39, 0.29) is 18.1 Å². The lowest BCUT2D eigenvalue weighted by molar-refractivity contribution is 0.0950. The summed E-state index contributed by atoms with van der Waals surface area (Å²) in [5, 5.41) is 4.77. The minimum absolute atomic E-state index is 0.0728. The Kier molecular flexibility index (Phi) is 5.70. The predicted octanol–water partition coefficient (Wildman–Crippen LogP) is 2.90. The molecule has 1 N–H and O–H groups in total. The van der Waals surface area contributed by atoms with E-state index in [1.807, 2.05) is 17.5 Å². The van der Waals surface area contributed by atoms with Gasteiger partial charge in [0, 0.05) is 22.8 Å². The molecule has 0 saturated heterocycles. The molecule has 26 heavy (non-hydrogen) atoms. The van der Waals surface area contributed by atoms with Gasteiger partial charge in [-0.25, -0.2) is 9.97 Å². The van der Waals surface area contributed by atoms with Gasteiger partial charge in [0.15, 0.2) is 5.78 Å². The number of Topliss-reactive ketones (excluding diaryl/α,β-unsaturated/α-hetero) is 1. The third-order valence-electron chi connectivity index (χ3n) is 3.70. The normalized spacial score (nSPS) is 10.3. The van der Waals surface area contributed by atoms with E-state index >= 15 is 0 Å². The molecule has 3 rings (SSSR count). The molecule has 0 bridgehead atoms. The second kappa shape index (κ2) is 8.35. The van der Waals surface area contributed by atoms with Gasteiger partial charge < -0.3 is 10.1 Å². The minimum atomic E-state index is -0.244. The van der Waals surface area contributed by atoms with Crippen LogP contribution in [0, 0.1) is 0 Å². The van der Waals surface area contributed by atoms with Crippen molar-refractivity contribution in [1.82, 2.24) is 15.3 Å². The molecular formula is C19H17N3O3S. The summed E-state index contributed by atoms with van der Waals surface area (Å²) in [5.74, 6) is 0.727. The van der Waals surface area contributed by atoms with E-state index < -0.39 is 0 Å². The van der Waals surface area contributed by atoms with Gasteiger partial charge in [-0.15, -0.1) is 11.3 Å². The molecule has 0 aliphatic carbocycles. The van der Waals surface area contributed by atoms with Crippen molar-refractivity contribution in [2.45, 2.75) is 13.0 Å². The third kappa shape index (κ3) is 4.52. The maximum Gasteiger partial charge on any atom is 0.254 e. The minimum Gasteiger partial charge on any atom is -0.497 e. The van der Waals surface area contributed by atoms with Crippen LogP contribution in [0.25, 0.3) is 0 Å². The van der Waals surface area contributed by atoms with Crippen LogP contribution < -0.4 is 10.1 Å². The number of amides is 1. The molecule has 2 aromatic heterocycles. The number of nitrogens with zero attached hydrogens (tertiary/aromatic N) is 2. The number of aromatic nitrogens is 2. The number of nitrogens with one attached hydrogen (secondary N) is 1. The number of hydrogen-bond acceptors (Lipinski definition) is 6. The molecule has 0 aliphatic rings. The number of carbonyl (C=O) groups is 2. The zero-order valence-electron chi connectivity index (χ0n) is 14.1. The van der Waals surface area contributed by atoms with Crippen LogP contribution in [0.1, 0.15) is 31.4 Å². The topological polar surface area (TPSA) is 81.2 Å². The van der Waals surface area contributed by atoms with E-state index in [2.05, 4.69) is 15.3 Å². The average Bonchev–Trinajstić information content (AvgIpc) is 3.20. The highest BCUT2D eigenvalue weighted by Crippen LogP contribution is 2.13. The molecule has 132 valence electrons. The maximum absolute atomic E-state index is 12.3. The number of thiophene rings is 1. The molecule has 6 nitrogen and oxygen atoms in total. The van der Waals surface area contributed by atoms with E-state index in [1.165, 1.54) is 12.4 Å². The standard InChI is InChI=1S/C19H17N3O3S/c1-25-15-6-4-13(5-7-15)17(23)9-18-20-10-14(11-21-18)19(24)22-12-16-3-2-8-26-16/h2-8,10-11H,9,12H2,1H3,(H,22,24). The molecule has 0 saturated carbocycles. The van der Waals surface area contributed by atoms with Crippen molar-refractivity contribution < 1.29 is 14.3 Å². The lowest BCUT2D eigenvalue weighted by Crippen LogP contribution is -2.23. The van der Waals surface area contributed by atoms with Crippen molar-refractivity contribution in [3.63, 3.8) is 0 Å². The van der Waals surface area contributed by atoms with Gasteiger partial charge in [0.2, 0.25) is 0 Å². The Hall–Kier alpha value is -3.06. The Bertz CT molecular complexity index is 875. The molecule has 7 heteroatoms. The Labute approximate surface area is 154 Å². The van der Waals surface area contributed by atoms with Gasteiger partial charge in [0.25, 0.3) is 5.91 Å². The number of ketones is 1. The highest BCUT2D eigenvalue weighted by Gasteiger charge is 2.11. The fraction of sp³-hybridized carbons (Fsp3) is 0.158. The van der Waals surface area contributed by atoms with E-state index in [4.69, 9.17) is 4.74 Å². The van der Waals surface area contributed by atoms with Crippen LogP contribution >= 0.6 is 11.3 Å². The van der Waals surface area contributed by atoms with Crippen LogP contribution in [0.2, 0.25) is 0 Å². The van der Waals surface area contributed by atoms with Crippen molar-refractivity contribution in [2.24, 2.45) is 0 Å². The molecule has 0 atom stereocenters. The molecule has 0 radical (unpaired) electrons. The maximum atomic E-state index is 12.3. The molecule has 1 amide bonds. The summed E-state index contributed by atoms with van der Waals surface area (Å²) in [7, 11) is 1.57. The Morgan fingerprint density at radius 3 is 2.42 bits per heavy atom. The fourth-order valence-corrected chi connectivity index (χ4v) is 2.91. The first kappa shape index (κ1) is 17.8. The van der Waals surface area contributed by atoms with Crippen molar-refractivity contribution in [3.05, 3.63) is 76.0 Å². The van der Waals surface area contributed by atoms with Crippen LogP contribution in [0.5, 0.6) is 5.75 Å². The first-order valence-electron chi connectivity index (χ1n) is 7.94. The third-order valence-corrected chi connectivity index (χ3v) is 4.58. The van der Waals surface area contributed by atoms with Crippen molar-refractivity contribution >= 4 is 23.0 Å². The number of ether oxygens (including phenoxy) is 1. The van der Waals surface area contributed by atoms with Gasteiger partial charge >= 0.3 is 0 Å². The van der Waals surface area contributed by atoms with E-state index in [0.717, 1.165) is 4.88 Å². The number of rotatable bonds is 7. The molecule has 0 fully saturated rings. The van der Waals surface area contributed by atoms with Gasteiger partial charge in [-0.05, 0) is 35.7 Å². The van der Waals surface area contributed by atoms with E-state index in [0.29, 0.717) is 29.2 Å². The van der Waals surface area contributed by atoms with Crippen LogP contribution in [-0.2, 0) is 13.0 Å². The zero-order valence-corrected chi connectivity index (χ0v) is 15.0. The van der Waals surface area contributed by atoms with Gasteiger partial charge in [-0.1, -0.05) is 6.07 Å².